The number of carbonyl (C=O) groups is 2. The molecule has 5 nitrogen and oxygen atoms in total. The van der Waals surface area contributed by atoms with E-state index in [4.69, 9.17) is 4.74 Å². The Hall–Kier alpha value is -2.04. The average Bonchev–Trinajstić information content (AvgIpc) is 2.52. The Morgan fingerprint density at radius 1 is 1.04 bits per heavy atom. The average molecular weight is 346 g/mol. The van der Waals surface area contributed by atoms with Crippen LogP contribution >= 0.6 is 0 Å². The summed E-state index contributed by atoms with van der Waals surface area (Å²) in [6.45, 7) is 12.0. The minimum atomic E-state index is -0.490. The number of carbonyl (C=O) groups excluding carboxylic acids is 2. The SMILES string of the molecule is Cc1ccc(CCC(=O)N2CCN(C(=O)OC(C)(C)C)CC2)c(C)c1. The van der Waals surface area contributed by atoms with Crippen molar-refractivity contribution in [2.75, 3.05) is 26.2 Å². The van der Waals surface area contributed by atoms with Crippen molar-refractivity contribution >= 4 is 12.0 Å². The summed E-state index contributed by atoms with van der Waals surface area (Å²) in [5, 5.41) is 0. The normalized spacial score (nSPS) is 15.2. The Bertz CT molecular complexity index is 626. The number of nitrogens with zero attached hydrogens (tertiary/aromatic N) is 2. The third-order valence-electron chi connectivity index (χ3n) is 4.39. The van der Waals surface area contributed by atoms with Crippen LogP contribution in [0.4, 0.5) is 4.79 Å². The predicted molar refractivity (Wildman–Crippen MR) is 98.6 cm³/mol. The molecule has 0 unspecified atom stereocenters. The Balaban J connectivity index is 1.80. The van der Waals surface area contributed by atoms with E-state index in [2.05, 4.69) is 32.0 Å². The fourth-order valence-electron chi connectivity index (χ4n) is 2.99. The van der Waals surface area contributed by atoms with Crippen molar-refractivity contribution in [3.05, 3.63) is 34.9 Å². The highest BCUT2D eigenvalue weighted by molar-refractivity contribution is 5.77. The van der Waals surface area contributed by atoms with Crippen molar-refractivity contribution in [1.29, 1.82) is 0 Å². The molecule has 0 aliphatic carbocycles. The van der Waals surface area contributed by atoms with Gasteiger partial charge in [0.15, 0.2) is 0 Å². The van der Waals surface area contributed by atoms with E-state index >= 15 is 0 Å². The van der Waals surface area contributed by atoms with Gasteiger partial charge in [0.25, 0.3) is 0 Å². The second-order valence-electron chi connectivity index (χ2n) is 7.78. The molecule has 0 N–H and O–H groups in total. The predicted octanol–water partition coefficient (Wildman–Crippen LogP) is 3.32. The zero-order valence-corrected chi connectivity index (χ0v) is 16.1. The first-order chi connectivity index (χ1) is 11.7. The zero-order chi connectivity index (χ0) is 18.6. The molecule has 0 spiro atoms. The lowest BCUT2D eigenvalue weighted by molar-refractivity contribution is -0.132. The maximum atomic E-state index is 12.4. The van der Waals surface area contributed by atoms with Gasteiger partial charge in [-0.05, 0) is 52.2 Å². The monoisotopic (exact) mass is 346 g/mol. The molecule has 0 radical (unpaired) electrons. The fraction of sp³-hybridized carbons (Fsp3) is 0.600. The minimum Gasteiger partial charge on any atom is -0.444 e. The van der Waals surface area contributed by atoms with E-state index in [-0.39, 0.29) is 12.0 Å². The Morgan fingerprint density at radius 3 is 2.20 bits per heavy atom. The van der Waals surface area contributed by atoms with Crippen LogP contribution in [0.3, 0.4) is 0 Å². The van der Waals surface area contributed by atoms with Gasteiger partial charge in [-0.25, -0.2) is 4.79 Å². The maximum absolute atomic E-state index is 12.4. The molecule has 2 rings (SSSR count). The smallest absolute Gasteiger partial charge is 0.410 e. The van der Waals surface area contributed by atoms with Crippen LogP contribution in [0.2, 0.25) is 0 Å². The molecule has 25 heavy (non-hydrogen) atoms. The van der Waals surface area contributed by atoms with Gasteiger partial charge in [-0.1, -0.05) is 23.8 Å². The number of piperazine rings is 1. The van der Waals surface area contributed by atoms with Crippen LogP contribution in [-0.4, -0.2) is 53.6 Å². The first kappa shape index (κ1) is 19.3. The molecule has 5 heteroatoms. The van der Waals surface area contributed by atoms with Crippen molar-refractivity contribution in [3.63, 3.8) is 0 Å². The molecule has 0 saturated carbocycles. The van der Waals surface area contributed by atoms with Crippen molar-refractivity contribution in [2.24, 2.45) is 0 Å². The molecule has 0 aromatic heterocycles. The van der Waals surface area contributed by atoms with Crippen molar-refractivity contribution in [3.8, 4) is 0 Å². The van der Waals surface area contributed by atoms with Crippen LogP contribution in [0, 0.1) is 13.8 Å². The first-order valence-corrected chi connectivity index (χ1v) is 8.97. The van der Waals surface area contributed by atoms with E-state index in [1.165, 1.54) is 16.7 Å². The van der Waals surface area contributed by atoms with Crippen molar-refractivity contribution in [1.82, 2.24) is 9.80 Å². The molecular weight excluding hydrogens is 316 g/mol. The number of rotatable bonds is 3. The largest absolute Gasteiger partial charge is 0.444 e. The van der Waals surface area contributed by atoms with Gasteiger partial charge in [-0.15, -0.1) is 0 Å². The Labute approximate surface area is 150 Å². The third-order valence-corrected chi connectivity index (χ3v) is 4.39. The summed E-state index contributed by atoms with van der Waals surface area (Å²) >= 11 is 0. The van der Waals surface area contributed by atoms with E-state index in [1.807, 2.05) is 25.7 Å². The molecule has 1 aliphatic rings. The number of hydrogen-bond donors (Lipinski definition) is 0. The highest BCUT2D eigenvalue weighted by atomic mass is 16.6. The minimum absolute atomic E-state index is 0.156. The van der Waals surface area contributed by atoms with Gasteiger partial charge in [-0.3, -0.25) is 4.79 Å². The molecule has 1 aromatic rings. The van der Waals surface area contributed by atoms with Crippen LogP contribution < -0.4 is 0 Å². The van der Waals surface area contributed by atoms with Crippen molar-refractivity contribution in [2.45, 2.75) is 53.1 Å². The lowest BCUT2D eigenvalue weighted by Crippen LogP contribution is -2.51. The molecule has 0 atom stereocenters. The van der Waals surface area contributed by atoms with Gasteiger partial charge in [-0.2, -0.15) is 0 Å². The fourth-order valence-corrected chi connectivity index (χ4v) is 2.99. The van der Waals surface area contributed by atoms with E-state index in [1.54, 1.807) is 4.90 Å². The number of ether oxygens (including phenoxy) is 1. The topological polar surface area (TPSA) is 49.9 Å². The van der Waals surface area contributed by atoms with Crippen LogP contribution in [0.5, 0.6) is 0 Å². The van der Waals surface area contributed by atoms with Gasteiger partial charge < -0.3 is 14.5 Å². The maximum Gasteiger partial charge on any atom is 0.410 e. The van der Waals surface area contributed by atoms with Gasteiger partial charge in [0.2, 0.25) is 5.91 Å². The Morgan fingerprint density at radius 2 is 1.64 bits per heavy atom. The number of aryl methyl sites for hydroxylation is 3. The molecular formula is C20H30N2O3. The summed E-state index contributed by atoms with van der Waals surface area (Å²) in [4.78, 5) is 28.0. The summed E-state index contributed by atoms with van der Waals surface area (Å²) in [7, 11) is 0. The van der Waals surface area contributed by atoms with Gasteiger partial charge in [0, 0.05) is 32.6 Å². The molecule has 138 valence electrons. The molecule has 1 saturated heterocycles. The summed E-state index contributed by atoms with van der Waals surface area (Å²) in [5.41, 5.74) is 3.22. The van der Waals surface area contributed by atoms with Crippen molar-refractivity contribution < 1.29 is 14.3 Å². The quantitative estimate of drug-likeness (QED) is 0.844. The second kappa shape index (κ2) is 7.89. The highest BCUT2D eigenvalue weighted by Gasteiger charge is 2.27. The van der Waals surface area contributed by atoms with Gasteiger partial charge in [0.1, 0.15) is 5.60 Å². The highest BCUT2D eigenvalue weighted by Crippen LogP contribution is 2.15. The summed E-state index contributed by atoms with van der Waals surface area (Å²) < 4.78 is 5.38. The summed E-state index contributed by atoms with van der Waals surface area (Å²) in [5.74, 6) is 0.156. The summed E-state index contributed by atoms with van der Waals surface area (Å²) in [6.07, 6.45) is 0.975. The van der Waals surface area contributed by atoms with Crippen LogP contribution in [0.25, 0.3) is 0 Å². The van der Waals surface area contributed by atoms with E-state index in [0.717, 1.165) is 6.42 Å². The lowest BCUT2D eigenvalue weighted by Gasteiger charge is -2.35. The van der Waals surface area contributed by atoms with E-state index < -0.39 is 5.60 Å². The Kier molecular flexibility index (Phi) is 6.09. The molecule has 2 amide bonds. The van der Waals surface area contributed by atoms with Crippen LogP contribution in [0.1, 0.15) is 43.9 Å². The third kappa shape index (κ3) is 5.76. The molecule has 1 aromatic carbocycles. The van der Waals surface area contributed by atoms with E-state index in [9.17, 15) is 9.59 Å². The molecule has 1 heterocycles. The lowest BCUT2D eigenvalue weighted by atomic mass is 10.0. The molecule has 1 fully saturated rings. The molecule has 0 bridgehead atoms. The number of benzene rings is 1. The van der Waals surface area contributed by atoms with E-state index in [0.29, 0.717) is 32.6 Å². The van der Waals surface area contributed by atoms with Gasteiger partial charge >= 0.3 is 6.09 Å². The standard InChI is InChI=1S/C20H30N2O3/c1-15-6-7-17(16(2)14-15)8-9-18(23)21-10-12-22(13-11-21)19(24)25-20(3,4)5/h6-7,14H,8-13H2,1-5H3. The number of amides is 2. The van der Waals surface area contributed by atoms with Gasteiger partial charge in [0.05, 0.1) is 0 Å². The summed E-state index contributed by atoms with van der Waals surface area (Å²) in [6, 6.07) is 6.35. The number of hydrogen-bond acceptors (Lipinski definition) is 3. The van der Waals surface area contributed by atoms with Crippen LogP contribution in [0.15, 0.2) is 18.2 Å². The first-order valence-electron chi connectivity index (χ1n) is 8.97. The zero-order valence-electron chi connectivity index (χ0n) is 16.1. The molecule has 1 aliphatic heterocycles. The second-order valence-corrected chi connectivity index (χ2v) is 7.78. The van der Waals surface area contributed by atoms with Crippen LogP contribution in [-0.2, 0) is 16.0 Å².